The zero-order valence-corrected chi connectivity index (χ0v) is 25.0. The first-order valence-electron chi connectivity index (χ1n) is 14.9. The van der Waals surface area contributed by atoms with E-state index in [1.54, 1.807) is 0 Å². The van der Waals surface area contributed by atoms with Crippen molar-refractivity contribution in [3.8, 4) is 0 Å². The summed E-state index contributed by atoms with van der Waals surface area (Å²) in [6, 6.07) is 0. The van der Waals surface area contributed by atoms with E-state index in [-0.39, 0.29) is 63.2 Å². The molecule has 10 atom stereocenters. The number of epoxide rings is 1. The van der Waals surface area contributed by atoms with Crippen molar-refractivity contribution >= 4 is 11.8 Å². The third-order valence-electron chi connectivity index (χ3n) is 12.5. The van der Waals surface area contributed by atoms with Gasteiger partial charge in [-0.25, -0.2) is 0 Å². The second-order valence-electron chi connectivity index (χ2n) is 15.3. The largest absolute Gasteiger partial charge is 0.460 e. The van der Waals surface area contributed by atoms with Gasteiger partial charge in [0.1, 0.15) is 18.0 Å². The molecule has 0 aromatic heterocycles. The Morgan fingerprint density at radius 2 is 1.74 bits per heavy atom. The lowest BCUT2D eigenvalue weighted by atomic mass is 9.36. The highest BCUT2D eigenvalue weighted by Crippen LogP contribution is 2.74. The number of esters is 1. The molecule has 4 fully saturated rings. The van der Waals surface area contributed by atoms with Crippen LogP contribution in [-0.4, -0.2) is 52.0 Å². The highest BCUT2D eigenvalue weighted by atomic mass is 16.6. The van der Waals surface area contributed by atoms with Crippen molar-refractivity contribution in [1.82, 2.24) is 0 Å². The summed E-state index contributed by atoms with van der Waals surface area (Å²) in [6.45, 7) is 18.8. The molecule has 5 rings (SSSR count). The number of rotatable bonds is 5. The van der Waals surface area contributed by atoms with Gasteiger partial charge in [-0.05, 0) is 91.9 Å². The minimum Gasteiger partial charge on any atom is -0.460 e. The molecule has 5 aliphatic rings. The van der Waals surface area contributed by atoms with Crippen molar-refractivity contribution in [1.29, 1.82) is 0 Å². The predicted octanol–water partition coefficient (Wildman–Crippen LogP) is 5.38. The van der Waals surface area contributed by atoms with Gasteiger partial charge in [0.05, 0.1) is 17.8 Å². The van der Waals surface area contributed by atoms with Crippen LogP contribution in [0.2, 0.25) is 0 Å². The number of hydrogen-bond donors (Lipinski definition) is 2. The van der Waals surface area contributed by atoms with Crippen molar-refractivity contribution < 1.29 is 29.3 Å². The minimum atomic E-state index is -0.575. The first kappa shape index (κ1) is 28.3. The van der Waals surface area contributed by atoms with E-state index in [0.29, 0.717) is 31.5 Å². The van der Waals surface area contributed by atoms with E-state index in [1.807, 2.05) is 13.8 Å². The molecular weight excluding hydrogens is 480 g/mol. The van der Waals surface area contributed by atoms with Crippen LogP contribution in [0.3, 0.4) is 0 Å². The van der Waals surface area contributed by atoms with Gasteiger partial charge in [0, 0.05) is 18.8 Å². The van der Waals surface area contributed by atoms with Gasteiger partial charge in [-0.2, -0.15) is 0 Å². The van der Waals surface area contributed by atoms with Crippen molar-refractivity contribution in [2.45, 2.75) is 137 Å². The Kier molecular flexibility index (Phi) is 6.43. The molecule has 0 amide bonds. The van der Waals surface area contributed by atoms with Crippen LogP contribution < -0.4 is 0 Å². The van der Waals surface area contributed by atoms with Crippen LogP contribution in [0, 0.1) is 39.4 Å². The van der Waals surface area contributed by atoms with Gasteiger partial charge >= 0.3 is 5.97 Å². The van der Waals surface area contributed by atoms with E-state index in [2.05, 4.69) is 41.5 Å². The highest BCUT2D eigenvalue weighted by molar-refractivity contribution is 5.85. The number of fused-ring (bicyclic) bond motifs is 5. The second kappa shape index (κ2) is 8.63. The summed E-state index contributed by atoms with van der Waals surface area (Å²) in [6.07, 6.45) is 3.56. The average molecular weight is 531 g/mol. The molecule has 1 saturated heterocycles. The van der Waals surface area contributed by atoms with Gasteiger partial charge in [0.15, 0.2) is 0 Å². The highest BCUT2D eigenvalue weighted by Gasteiger charge is 2.70. The van der Waals surface area contributed by atoms with Gasteiger partial charge in [-0.15, -0.1) is 0 Å². The first-order valence-corrected chi connectivity index (χ1v) is 14.9. The molecule has 0 aromatic rings. The molecule has 0 spiro atoms. The topological polar surface area (TPSA) is 96.4 Å². The number of ketones is 1. The Balaban J connectivity index is 1.50. The summed E-state index contributed by atoms with van der Waals surface area (Å²) in [4.78, 5) is 24.8. The van der Waals surface area contributed by atoms with E-state index >= 15 is 0 Å². The smallest absolute Gasteiger partial charge is 0.302 e. The van der Waals surface area contributed by atoms with Crippen LogP contribution in [-0.2, 0) is 19.1 Å². The van der Waals surface area contributed by atoms with Gasteiger partial charge < -0.3 is 19.7 Å². The lowest BCUT2D eigenvalue weighted by Crippen LogP contribution is -2.65. The van der Waals surface area contributed by atoms with E-state index in [1.165, 1.54) is 12.5 Å². The van der Waals surface area contributed by atoms with Gasteiger partial charge in [-0.1, -0.05) is 47.1 Å². The number of Topliss-reactive ketones (excluding diaryl/α,β-unsaturated/α-hetero) is 1. The summed E-state index contributed by atoms with van der Waals surface area (Å²) in [5.41, 5.74) is 1.04. The minimum absolute atomic E-state index is 0.00307. The molecule has 6 heteroatoms. The van der Waals surface area contributed by atoms with E-state index in [9.17, 15) is 19.8 Å². The normalized spacial score (nSPS) is 46.5. The van der Waals surface area contributed by atoms with Gasteiger partial charge in [-0.3, -0.25) is 9.59 Å². The van der Waals surface area contributed by atoms with Crippen molar-refractivity contribution in [3.63, 3.8) is 0 Å². The number of aliphatic hydroxyl groups excluding tert-OH is 2. The molecule has 214 valence electrons. The van der Waals surface area contributed by atoms with Gasteiger partial charge in [0.2, 0.25) is 0 Å². The third kappa shape index (κ3) is 3.83. The molecule has 0 unspecified atom stereocenters. The maximum Gasteiger partial charge on any atom is 0.302 e. The summed E-state index contributed by atoms with van der Waals surface area (Å²) in [5, 5.41) is 23.5. The predicted molar refractivity (Wildman–Crippen MR) is 145 cm³/mol. The first-order chi connectivity index (χ1) is 17.4. The van der Waals surface area contributed by atoms with Crippen LogP contribution in [0.4, 0.5) is 0 Å². The maximum absolute atomic E-state index is 12.9. The van der Waals surface area contributed by atoms with Crippen LogP contribution >= 0.6 is 0 Å². The molecule has 0 aromatic carbocycles. The zero-order valence-electron chi connectivity index (χ0n) is 25.0. The van der Waals surface area contributed by atoms with Crippen LogP contribution in [0.25, 0.3) is 0 Å². The fraction of sp³-hybridized carbons (Fsp3) is 0.875. The Hall–Kier alpha value is -1.24. The summed E-state index contributed by atoms with van der Waals surface area (Å²) in [5.74, 6) is 0.376. The van der Waals surface area contributed by atoms with E-state index in [0.717, 1.165) is 24.8 Å². The molecule has 38 heavy (non-hydrogen) atoms. The number of carbonyl (C=O) groups excluding carboxylic acids is 2. The summed E-state index contributed by atoms with van der Waals surface area (Å²) in [7, 11) is 0. The Labute approximate surface area is 228 Å². The second-order valence-corrected chi connectivity index (χ2v) is 15.3. The number of aliphatic hydroxyl groups is 2. The Morgan fingerprint density at radius 3 is 2.32 bits per heavy atom. The number of hydrogen-bond acceptors (Lipinski definition) is 6. The van der Waals surface area contributed by atoms with Crippen LogP contribution in [0.1, 0.15) is 107 Å². The Bertz CT molecular complexity index is 1060. The molecule has 0 bridgehead atoms. The van der Waals surface area contributed by atoms with Crippen molar-refractivity contribution in [2.24, 2.45) is 39.4 Å². The summed E-state index contributed by atoms with van der Waals surface area (Å²) < 4.78 is 11.6. The lowest BCUT2D eigenvalue weighted by Gasteiger charge is -2.68. The maximum atomic E-state index is 12.9. The fourth-order valence-corrected chi connectivity index (χ4v) is 10.5. The molecule has 3 saturated carbocycles. The van der Waals surface area contributed by atoms with Crippen molar-refractivity contribution in [3.05, 3.63) is 11.1 Å². The average Bonchev–Trinajstić information content (AvgIpc) is 3.32. The molecular formula is C32H50O6. The SMILES string of the molecule is CC(=O)O[C@@H](C[C@@H](C)C1=C2C[C@H](O)[C@H]3[C@@]4(C)CCC(=O)C(C)(C)[C@@H]4CC[C@]3(C)[C@@]2(C)C[C@@H]1O)[C@H]1OC1(C)C. The monoisotopic (exact) mass is 530 g/mol. The quantitative estimate of drug-likeness (QED) is 0.281. The molecule has 1 aliphatic heterocycles. The zero-order chi connectivity index (χ0) is 28.2. The van der Waals surface area contributed by atoms with E-state index in [4.69, 9.17) is 9.47 Å². The lowest BCUT2D eigenvalue weighted by molar-refractivity contribution is -0.209. The van der Waals surface area contributed by atoms with Crippen LogP contribution in [0.5, 0.6) is 0 Å². The molecule has 2 N–H and O–H groups in total. The number of carbonyl (C=O) groups is 2. The van der Waals surface area contributed by atoms with Gasteiger partial charge in [0.25, 0.3) is 0 Å². The van der Waals surface area contributed by atoms with E-state index < -0.39 is 12.2 Å². The molecule has 0 radical (unpaired) electrons. The molecule has 6 nitrogen and oxygen atoms in total. The third-order valence-corrected chi connectivity index (χ3v) is 12.5. The fourth-order valence-electron chi connectivity index (χ4n) is 10.5. The number of ether oxygens (including phenoxy) is 2. The summed E-state index contributed by atoms with van der Waals surface area (Å²) >= 11 is 0. The van der Waals surface area contributed by atoms with Crippen LogP contribution in [0.15, 0.2) is 11.1 Å². The molecule has 1 heterocycles. The van der Waals surface area contributed by atoms with Crippen molar-refractivity contribution in [2.75, 3.05) is 0 Å². The Morgan fingerprint density at radius 1 is 1.11 bits per heavy atom. The molecule has 4 aliphatic carbocycles. The standard InChI is InChI=1S/C32H50O6/c1-17(14-22(37-18(2)33)27-29(5,6)38-27)25-19-15-20(34)26-30(7)12-11-24(36)28(3,4)23(30)10-13-31(26,8)32(19,9)16-21(25)35/h17,20-23,26-27,34-35H,10-16H2,1-9H3/t17-,20+,21+,22+,23+,26+,27-,30+,31+,32+/m1/s1.